The molecule has 3 aromatic rings. The van der Waals surface area contributed by atoms with Crippen LogP contribution in [0.3, 0.4) is 0 Å². The van der Waals surface area contributed by atoms with Gasteiger partial charge >= 0.3 is 5.97 Å². The Balaban J connectivity index is 1.77. The highest BCUT2D eigenvalue weighted by Gasteiger charge is 2.45. The Morgan fingerprint density at radius 3 is 2.87 bits per heavy atom. The molecule has 8 heteroatoms. The summed E-state index contributed by atoms with van der Waals surface area (Å²) in [5.41, 5.74) is 1.59. The van der Waals surface area contributed by atoms with Gasteiger partial charge in [0.2, 0.25) is 5.91 Å². The molecular formula is C22H19N3O5. The molecule has 152 valence electrons. The van der Waals surface area contributed by atoms with Crippen LogP contribution < -0.4 is 10.9 Å². The Kier molecular flexibility index (Phi) is 3.85. The zero-order chi connectivity index (χ0) is 21.2. The molecule has 0 fully saturated rings. The van der Waals surface area contributed by atoms with E-state index in [-0.39, 0.29) is 30.1 Å². The Hall–Kier alpha value is -3.52. The van der Waals surface area contributed by atoms with Crippen molar-refractivity contribution < 1.29 is 19.4 Å². The van der Waals surface area contributed by atoms with E-state index in [2.05, 4.69) is 5.32 Å². The molecule has 5 rings (SSSR count). The summed E-state index contributed by atoms with van der Waals surface area (Å²) >= 11 is 0. The molecule has 0 bridgehead atoms. The zero-order valence-electron chi connectivity index (χ0n) is 16.5. The van der Waals surface area contributed by atoms with Gasteiger partial charge in [-0.2, -0.15) is 0 Å². The summed E-state index contributed by atoms with van der Waals surface area (Å²) < 4.78 is 6.67. The first kappa shape index (κ1) is 18.5. The Bertz CT molecular complexity index is 1330. The van der Waals surface area contributed by atoms with Crippen LogP contribution in [0.25, 0.3) is 22.3 Å². The maximum Gasteiger partial charge on any atom is 0.343 e. The monoisotopic (exact) mass is 405 g/mol. The van der Waals surface area contributed by atoms with Crippen LogP contribution in [0.15, 0.2) is 35.1 Å². The lowest BCUT2D eigenvalue weighted by Gasteiger charge is -2.31. The number of pyridine rings is 2. The van der Waals surface area contributed by atoms with Crippen molar-refractivity contribution in [2.24, 2.45) is 0 Å². The highest BCUT2D eigenvalue weighted by molar-refractivity contribution is 6.00. The molecule has 0 radical (unpaired) electrons. The quantitative estimate of drug-likeness (QED) is 0.494. The second-order valence-corrected chi connectivity index (χ2v) is 7.66. The second kappa shape index (κ2) is 6.24. The lowest BCUT2D eigenvalue weighted by atomic mass is 9.86. The van der Waals surface area contributed by atoms with E-state index in [1.165, 1.54) is 6.92 Å². The average molecular weight is 405 g/mol. The minimum Gasteiger partial charge on any atom is -0.458 e. The number of anilines is 1. The molecule has 8 nitrogen and oxygen atoms in total. The smallest absolute Gasteiger partial charge is 0.343 e. The van der Waals surface area contributed by atoms with Gasteiger partial charge in [0.05, 0.1) is 34.7 Å². The number of rotatable bonds is 2. The average Bonchev–Trinajstić information content (AvgIpc) is 3.08. The third kappa shape index (κ3) is 2.43. The van der Waals surface area contributed by atoms with Crippen molar-refractivity contribution in [1.82, 2.24) is 9.55 Å². The maximum absolute atomic E-state index is 13.2. The SMILES string of the molecule is CC[C@@]1(O)C(=O)OCc2c1cc1n(c2=O)Cc2cc3cccc(NC(C)=O)c3nc2-1. The molecule has 2 aromatic heterocycles. The molecule has 0 unspecified atom stereocenters. The lowest BCUT2D eigenvalue weighted by Crippen LogP contribution is -2.44. The van der Waals surface area contributed by atoms with Gasteiger partial charge in [-0.3, -0.25) is 9.59 Å². The van der Waals surface area contributed by atoms with Crippen molar-refractivity contribution in [3.8, 4) is 11.4 Å². The number of para-hydroxylation sites is 1. The first-order chi connectivity index (χ1) is 14.3. The fraction of sp³-hybridized carbons (Fsp3) is 0.273. The van der Waals surface area contributed by atoms with E-state index < -0.39 is 11.6 Å². The van der Waals surface area contributed by atoms with Gasteiger partial charge < -0.3 is 19.7 Å². The van der Waals surface area contributed by atoms with Crippen LogP contribution >= 0.6 is 0 Å². The van der Waals surface area contributed by atoms with Gasteiger partial charge in [-0.05, 0) is 24.6 Å². The van der Waals surface area contributed by atoms with E-state index in [9.17, 15) is 19.5 Å². The summed E-state index contributed by atoms with van der Waals surface area (Å²) in [6.45, 7) is 3.27. The third-order valence-corrected chi connectivity index (χ3v) is 5.85. The topological polar surface area (TPSA) is 111 Å². The van der Waals surface area contributed by atoms with E-state index >= 15 is 0 Å². The van der Waals surface area contributed by atoms with Gasteiger partial charge in [-0.25, -0.2) is 9.78 Å². The summed E-state index contributed by atoms with van der Waals surface area (Å²) in [5, 5.41) is 14.6. The molecule has 2 aliphatic heterocycles. The first-order valence-electron chi connectivity index (χ1n) is 9.71. The van der Waals surface area contributed by atoms with Crippen LogP contribution in [-0.2, 0) is 33.1 Å². The van der Waals surface area contributed by atoms with Crippen molar-refractivity contribution in [1.29, 1.82) is 0 Å². The summed E-state index contributed by atoms with van der Waals surface area (Å²) in [6, 6.07) is 9.12. The standard InChI is InChI=1S/C22H19N3O5/c1-3-22(29)15-8-17-19-13(9-25(17)20(27)14(15)10-30-21(22)28)7-12-5-4-6-16(18(12)24-19)23-11(2)26/h4-8,29H,3,9-10H2,1-2H3,(H,23,26)/t22-/m0/s1. The molecule has 0 spiro atoms. The van der Waals surface area contributed by atoms with Gasteiger partial charge in [0.15, 0.2) is 5.60 Å². The summed E-state index contributed by atoms with van der Waals surface area (Å²) in [6.07, 6.45) is 0.0897. The lowest BCUT2D eigenvalue weighted by molar-refractivity contribution is -0.172. The van der Waals surface area contributed by atoms with E-state index in [1.807, 2.05) is 18.2 Å². The number of carbonyl (C=O) groups is 2. The molecule has 2 N–H and O–H groups in total. The maximum atomic E-state index is 13.2. The van der Waals surface area contributed by atoms with Gasteiger partial charge in [-0.15, -0.1) is 0 Å². The molecule has 30 heavy (non-hydrogen) atoms. The summed E-state index contributed by atoms with van der Waals surface area (Å²) in [5.74, 6) is -0.957. The number of hydrogen-bond donors (Lipinski definition) is 2. The zero-order valence-corrected chi connectivity index (χ0v) is 16.5. The van der Waals surface area contributed by atoms with Gasteiger partial charge in [0.25, 0.3) is 5.56 Å². The van der Waals surface area contributed by atoms with Crippen molar-refractivity contribution >= 4 is 28.5 Å². The van der Waals surface area contributed by atoms with Gasteiger partial charge in [0.1, 0.15) is 6.61 Å². The van der Waals surface area contributed by atoms with E-state index in [1.54, 1.807) is 23.6 Å². The van der Waals surface area contributed by atoms with E-state index in [4.69, 9.17) is 9.72 Å². The molecule has 1 amide bonds. The Labute approximate surface area is 171 Å². The highest BCUT2D eigenvalue weighted by atomic mass is 16.6. The number of ether oxygens (including phenoxy) is 1. The van der Waals surface area contributed by atoms with Crippen LogP contribution in [0, 0.1) is 0 Å². The molecule has 2 aliphatic rings. The Morgan fingerprint density at radius 2 is 2.13 bits per heavy atom. The molecule has 0 saturated carbocycles. The number of aliphatic hydroxyl groups is 1. The van der Waals surface area contributed by atoms with Crippen LogP contribution in [0.4, 0.5) is 5.69 Å². The minimum absolute atomic E-state index is 0.0897. The van der Waals surface area contributed by atoms with Crippen molar-refractivity contribution in [2.45, 2.75) is 39.0 Å². The van der Waals surface area contributed by atoms with E-state index in [0.717, 1.165) is 10.9 Å². The number of nitrogens with one attached hydrogen (secondary N) is 1. The van der Waals surface area contributed by atoms with Crippen LogP contribution in [0.1, 0.15) is 37.0 Å². The fourth-order valence-electron chi connectivity index (χ4n) is 4.30. The molecular weight excluding hydrogens is 386 g/mol. The van der Waals surface area contributed by atoms with Gasteiger partial charge in [0, 0.05) is 23.4 Å². The largest absolute Gasteiger partial charge is 0.458 e. The van der Waals surface area contributed by atoms with Crippen molar-refractivity contribution in [3.63, 3.8) is 0 Å². The molecule has 0 aliphatic carbocycles. The van der Waals surface area contributed by atoms with Crippen molar-refractivity contribution in [2.75, 3.05) is 5.32 Å². The Morgan fingerprint density at radius 1 is 1.33 bits per heavy atom. The van der Waals surface area contributed by atoms with Crippen LogP contribution in [-0.4, -0.2) is 26.5 Å². The second-order valence-electron chi connectivity index (χ2n) is 7.66. The predicted molar refractivity (Wildman–Crippen MR) is 109 cm³/mol. The number of hydrogen-bond acceptors (Lipinski definition) is 6. The number of aromatic nitrogens is 2. The van der Waals surface area contributed by atoms with Crippen LogP contribution in [0.2, 0.25) is 0 Å². The van der Waals surface area contributed by atoms with Crippen molar-refractivity contribution in [3.05, 3.63) is 57.4 Å². The number of benzene rings is 1. The highest BCUT2D eigenvalue weighted by Crippen LogP contribution is 2.39. The van der Waals surface area contributed by atoms with Gasteiger partial charge in [-0.1, -0.05) is 19.1 Å². The number of fused-ring (bicyclic) bond motifs is 5. The number of carbonyl (C=O) groups excluding carboxylic acids is 2. The predicted octanol–water partition coefficient (Wildman–Crippen LogP) is 2.04. The number of nitrogens with zero attached hydrogens (tertiary/aromatic N) is 2. The molecule has 4 heterocycles. The molecule has 0 saturated heterocycles. The third-order valence-electron chi connectivity index (χ3n) is 5.85. The summed E-state index contributed by atoms with van der Waals surface area (Å²) in [4.78, 5) is 41.8. The number of esters is 1. The molecule has 1 aromatic carbocycles. The van der Waals surface area contributed by atoms with Crippen LogP contribution in [0.5, 0.6) is 0 Å². The minimum atomic E-state index is -1.86. The summed E-state index contributed by atoms with van der Waals surface area (Å²) in [7, 11) is 0. The normalized spacial score (nSPS) is 19.1. The number of cyclic esters (lactones) is 1. The van der Waals surface area contributed by atoms with E-state index in [0.29, 0.717) is 34.7 Å². The fourth-order valence-corrected chi connectivity index (χ4v) is 4.30. The number of amides is 1. The first-order valence-corrected chi connectivity index (χ1v) is 9.71. The molecule has 1 atom stereocenters.